The minimum Gasteiger partial charge on any atom is -0.342 e. The number of H-pyrrole nitrogens is 1. The maximum atomic E-state index is 13.3. The highest BCUT2D eigenvalue weighted by molar-refractivity contribution is 6.01. The molecule has 3 heterocycles. The van der Waals surface area contributed by atoms with Crippen LogP contribution in [0.1, 0.15) is 54.6 Å². The van der Waals surface area contributed by atoms with Gasteiger partial charge in [-0.1, -0.05) is 31.2 Å². The number of rotatable bonds is 4. The molecule has 6 nitrogen and oxygen atoms in total. The van der Waals surface area contributed by atoms with Gasteiger partial charge in [0.05, 0.1) is 17.0 Å². The van der Waals surface area contributed by atoms with Crippen molar-refractivity contribution >= 4 is 28.5 Å². The minimum absolute atomic E-state index is 0.0600. The van der Waals surface area contributed by atoms with E-state index >= 15 is 0 Å². The van der Waals surface area contributed by atoms with E-state index in [1.807, 2.05) is 28.9 Å². The highest BCUT2D eigenvalue weighted by atomic mass is 16.2. The number of nitrogens with one attached hydrogen (secondary N) is 1. The number of aryl methyl sites for hydroxylation is 3. The van der Waals surface area contributed by atoms with Crippen molar-refractivity contribution in [2.24, 2.45) is 5.92 Å². The van der Waals surface area contributed by atoms with Crippen molar-refractivity contribution < 1.29 is 9.59 Å². The molecule has 3 aromatic rings. The van der Waals surface area contributed by atoms with Gasteiger partial charge in [-0.15, -0.1) is 0 Å². The summed E-state index contributed by atoms with van der Waals surface area (Å²) in [7, 11) is 0. The largest absolute Gasteiger partial charge is 0.342 e. The number of amides is 2. The first-order chi connectivity index (χ1) is 15.9. The zero-order valence-corrected chi connectivity index (χ0v) is 19.7. The molecule has 0 spiro atoms. The third-order valence-electron chi connectivity index (χ3n) is 7.30. The van der Waals surface area contributed by atoms with Gasteiger partial charge in [-0.25, -0.2) is 4.98 Å². The molecule has 0 bridgehead atoms. The Kier molecular flexibility index (Phi) is 5.69. The normalized spacial score (nSPS) is 19.6. The second-order valence-corrected chi connectivity index (χ2v) is 9.58. The van der Waals surface area contributed by atoms with Crippen molar-refractivity contribution in [2.75, 3.05) is 24.5 Å². The van der Waals surface area contributed by atoms with Gasteiger partial charge in [0.15, 0.2) is 0 Å². The third kappa shape index (κ3) is 4.03. The summed E-state index contributed by atoms with van der Waals surface area (Å²) in [6, 6.07) is 12.4. The van der Waals surface area contributed by atoms with E-state index in [0.717, 1.165) is 60.5 Å². The maximum Gasteiger partial charge on any atom is 0.228 e. The standard InChI is InChI=1S/C27H32N4O2/c1-4-19-7-5-6-18(3)25(19)31-16-21(15-24(31)32)27(33)30-12-10-20(11-13-30)26-28-22-9-8-17(2)14-23(22)29-26/h5-9,14,20-21H,4,10-13,15-16H2,1-3H3,(H,28,29). The van der Waals surface area contributed by atoms with E-state index < -0.39 is 0 Å². The molecule has 33 heavy (non-hydrogen) atoms. The fourth-order valence-electron chi connectivity index (χ4n) is 5.45. The number of fused-ring (bicyclic) bond motifs is 1. The van der Waals surface area contributed by atoms with E-state index in [-0.39, 0.29) is 17.7 Å². The number of carbonyl (C=O) groups is 2. The molecular weight excluding hydrogens is 412 g/mol. The number of anilines is 1. The van der Waals surface area contributed by atoms with Crippen molar-refractivity contribution in [3.05, 3.63) is 58.9 Å². The molecule has 2 saturated heterocycles. The number of hydrogen-bond donors (Lipinski definition) is 1. The van der Waals surface area contributed by atoms with Gasteiger partial charge in [0.2, 0.25) is 11.8 Å². The van der Waals surface area contributed by atoms with Crippen molar-refractivity contribution in [3.8, 4) is 0 Å². The second-order valence-electron chi connectivity index (χ2n) is 9.58. The monoisotopic (exact) mass is 444 g/mol. The van der Waals surface area contributed by atoms with Gasteiger partial charge in [-0.2, -0.15) is 0 Å². The molecule has 1 N–H and O–H groups in total. The number of imidazole rings is 1. The Morgan fingerprint density at radius 3 is 2.70 bits per heavy atom. The van der Waals surface area contributed by atoms with Crippen LogP contribution in [0, 0.1) is 19.8 Å². The zero-order valence-electron chi connectivity index (χ0n) is 19.7. The molecule has 0 saturated carbocycles. The zero-order chi connectivity index (χ0) is 23.1. The Morgan fingerprint density at radius 1 is 1.15 bits per heavy atom. The third-order valence-corrected chi connectivity index (χ3v) is 7.30. The van der Waals surface area contributed by atoms with Crippen molar-refractivity contribution in [3.63, 3.8) is 0 Å². The van der Waals surface area contributed by atoms with Crippen LogP contribution in [-0.4, -0.2) is 46.3 Å². The molecule has 0 aliphatic carbocycles. The van der Waals surface area contributed by atoms with Crippen molar-refractivity contribution in [1.29, 1.82) is 0 Å². The van der Waals surface area contributed by atoms with Gasteiger partial charge in [0.1, 0.15) is 5.82 Å². The summed E-state index contributed by atoms with van der Waals surface area (Å²) in [5.41, 5.74) is 6.56. The number of aromatic amines is 1. The van der Waals surface area contributed by atoms with E-state index in [0.29, 0.717) is 18.9 Å². The summed E-state index contributed by atoms with van der Waals surface area (Å²) in [6.45, 7) is 8.15. The van der Waals surface area contributed by atoms with Crippen molar-refractivity contribution in [1.82, 2.24) is 14.9 Å². The Morgan fingerprint density at radius 2 is 1.94 bits per heavy atom. The molecule has 6 heteroatoms. The van der Waals surface area contributed by atoms with E-state index in [2.05, 4.69) is 43.1 Å². The summed E-state index contributed by atoms with van der Waals surface area (Å²) >= 11 is 0. The van der Waals surface area contributed by atoms with Crippen LogP contribution in [0.5, 0.6) is 0 Å². The molecule has 1 atom stereocenters. The van der Waals surface area contributed by atoms with Crippen LogP contribution >= 0.6 is 0 Å². The summed E-state index contributed by atoms with van der Waals surface area (Å²) < 4.78 is 0. The highest BCUT2D eigenvalue weighted by Gasteiger charge is 2.39. The number of carbonyl (C=O) groups excluding carboxylic acids is 2. The molecule has 2 aliphatic rings. The number of piperidine rings is 1. The average Bonchev–Trinajstić information content (AvgIpc) is 3.41. The van der Waals surface area contributed by atoms with Crippen LogP contribution < -0.4 is 4.90 Å². The number of aromatic nitrogens is 2. The molecule has 172 valence electrons. The van der Waals surface area contributed by atoms with Crippen LogP contribution in [-0.2, 0) is 16.0 Å². The molecule has 2 amide bonds. The Bertz CT molecular complexity index is 1210. The smallest absolute Gasteiger partial charge is 0.228 e. The first kappa shape index (κ1) is 21.7. The summed E-state index contributed by atoms with van der Waals surface area (Å²) in [5.74, 6) is 1.28. The number of nitrogens with zero attached hydrogens (tertiary/aromatic N) is 3. The van der Waals surface area contributed by atoms with Crippen LogP contribution in [0.15, 0.2) is 36.4 Å². The highest BCUT2D eigenvalue weighted by Crippen LogP contribution is 2.34. The SMILES string of the molecule is CCc1cccc(C)c1N1CC(C(=O)N2CCC(c3nc4ccc(C)cc4[nH]3)CC2)CC1=O. The van der Waals surface area contributed by atoms with Gasteiger partial charge < -0.3 is 14.8 Å². The summed E-state index contributed by atoms with van der Waals surface area (Å²) in [4.78, 5) is 38.3. The van der Waals surface area contributed by atoms with Gasteiger partial charge in [0, 0.05) is 37.7 Å². The van der Waals surface area contributed by atoms with Crippen LogP contribution in [0.2, 0.25) is 0 Å². The molecule has 2 aliphatic heterocycles. The topological polar surface area (TPSA) is 69.3 Å². The number of hydrogen-bond acceptors (Lipinski definition) is 3. The predicted octanol–water partition coefficient (Wildman–Crippen LogP) is 4.50. The lowest BCUT2D eigenvalue weighted by Gasteiger charge is -2.32. The lowest BCUT2D eigenvalue weighted by atomic mass is 9.95. The van der Waals surface area contributed by atoms with Crippen molar-refractivity contribution in [2.45, 2.75) is 52.4 Å². The molecule has 1 unspecified atom stereocenters. The predicted molar refractivity (Wildman–Crippen MR) is 130 cm³/mol. The second kappa shape index (κ2) is 8.65. The van der Waals surface area contributed by atoms with Crippen LogP contribution in [0.4, 0.5) is 5.69 Å². The summed E-state index contributed by atoms with van der Waals surface area (Å²) in [5, 5.41) is 0. The number of para-hydroxylation sites is 1. The summed E-state index contributed by atoms with van der Waals surface area (Å²) in [6.07, 6.45) is 2.97. The fraction of sp³-hybridized carbons (Fsp3) is 0.444. The molecule has 2 aromatic carbocycles. The lowest BCUT2D eigenvalue weighted by Crippen LogP contribution is -2.42. The Balaban J connectivity index is 1.24. The van der Waals surface area contributed by atoms with Gasteiger partial charge in [-0.3, -0.25) is 9.59 Å². The van der Waals surface area contributed by atoms with E-state index in [4.69, 9.17) is 4.98 Å². The van der Waals surface area contributed by atoms with Gasteiger partial charge in [-0.05, 0) is 61.9 Å². The first-order valence-corrected chi connectivity index (χ1v) is 12.1. The lowest BCUT2D eigenvalue weighted by molar-refractivity contribution is -0.136. The van der Waals surface area contributed by atoms with Crippen LogP contribution in [0.3, 0.4) is 0 Å². The van der Waals surface area contributed by atoms with E-state index in [9.17, 15) is 9.59 Å². The van der Waals surface area contributed by atoms with E-state index in [1.54, 1.807) is 0 Å². The molecule has 2 fully saturated rings. The average molecular weight is 445 g/mol. The van der Waals surface area contributed by atoms with Crippen LogP contribution in [0.25, 0.3) is 11.0 Å². The molecule has 0 radical (unpaired) electrons. The molecule has 5 rings (SSSR count). The minimum atomic E-state index is -0.257. The fourth-order valence-corrected chi connectivity index (χ4v) is 5.45. The number of benzene rings is 2. The number of likely N-dealkylation sites (tertiary alicyclic amines) is 1. The first-order valence-electron chi connectivity index (χ1n) is 12.1. The molecule has 1 aromatic heterocycles. The van der Waals surface area contributed by atoms with Gasteiger partial charge in [0.25, 0.3) is 0 Å². The maximum absolute atomic E-state index is 13.3. The van der Waals surface area contributed by atoms with Gasteiger partial charge >= 0.3 is 0 Å². The van der Waals surface area contributed by atoms with E-state index in [1.165, 1.54) is 11.1 Å². The molecular formula is C27H32N4O2. The quantitative estimate of drug-likeness (QED) is 0.644. The Hall–Kier alpha value is -3.15. The Labute approximate surface area is 195 Å².